The molecule has 2 rings (SSSR count). The van der Waals surface area contributed by atoms with Gasteiger partial charge in [-0.3, -0.25) is 0 Å². The largest absolute Gasteiger partial charge is 0.314 e. The molecule has 94 valence electrons. The number of hydrogen-bond acceptors (Lipinski definition) is 2. The molecule has 0 amide bonds. The molecular weight excluding hydrogens is 214 g/mol. The highest BCUT2D eigenvalue weighted by molar-refractivity contribution is 7.99. The molecule has 0 spiro atoms. The van der Waals surface area contributed by atoms with Gasteiger partial charge in [-0.25, -0.2) is 0 Å². The molecule has 0 bridgehead atoms. The molecule has 0 aromatic heterocycles. The zero-order chi connectivity index (χ0) is 11.2. The molecule has 0 atom stereocenters. The normalized spacial score (nSPS) is 32.8. The van der Waals surface area contributed by atoms with Crippen LogP contribution >= 0.6 is 11.8 Å². The molecule has 1 nitrogen and oxygen atoms in total. The summed E-state index contributed by atoms with van der Waals surface area (Å²) in [5.74, 6) is 4.78. The van der Waals surface area contributed by atoms with Gasteiger partial charge in [0.15, 0.2) is 0 Å². The van der Waals surface area contributed by atoms with Crippen LogP contribution in [0, 0.1) is 11.8 Å². The fourth-order valence-corrected chi connectivity index (χ4v) is 4.12. The first-order chi connectivity index (χ1) is 7.84. The summed E-state index contributed by atoms with van der Waals surface area (Å²) in [7, 11) is 0. The lowest BCUT2D eigenvalue weighted by Gasteiger charge is -2.28. The van der Waals surface area contributed by atoms with E-state index in [1.165, 1.54) is 63.0 Å². The summed E-state index contributed by atoms with van der Waals surface area (Å²) >= 11 is 2.12. The summed E-state index contributed by atoms with van der Waals surface area (Å²) in [6, 6.07) is 0.837. The summed E-state index contributed by atoms with van der Waals surface area (Å²) < 4.78 is 0. The van der Waals surface area contributed by atoms with E-state index in [4.69, 9.17) is 0 Å². The second kappa shape index (κ2) is 6.90. The molecule has 2 heteroatoms. The fourth-order valence-electron chi connectivity index (χ4n) is 3.01. The average molecular weight is 241 g/mol. The molecule has 0 aromatic carbocycles. The average Bonchev–Trinajstić information content (AvgIpc) is 2.33. The van der Waals surface area contributed by atoms with Crippen LogP contribution in [0.1, 0.15) is 51.9 Å². The van der Waals surface area contributed by atoms with Crippen LogP contribution in [0.25, 0.3) is 0 Å². The Morgan fingerprint density at radius 3 is 2.38 bits per heavy atom. The smallest absolute Gasteiger partial charge is 0.00827 e. The number of nitrogens with one attached hydrogen (secondary N) is 1. The third-order valence-corrected chi connectivity index (χ3v) is 5.39. The van der Waals surface area contributed by atoms with Crippen LogP contribution in [0.15, 0.2) is 0 Å². The van der Waals surface area contributed by atoms with Crippen LogP contribution in [-0.4, -0.2) is 24.1 Å². The Morgan fingerprint density at radius 2 is 1.69 bits per heavy atom. The molecule has 1 N–H and O–H groups in total. The first kappa shape index (κ1) is 12.8. The first-order valence-corrected chi connectivity index (χ1v) is 8.31. The Morgan fingerprint density at radius 1 is 1.00 bits per heavy atom. The number of hydrogen-bond donors (Lipinski definition) is 1. The summed E-state index contributed by atoms with van der Waals surface area (Å²) in [5, 5.41) is 3.77. The molecule has 1 aliphatic heterocycles. The lowest BCUT2D eigenvalue weighted by molar-refractivity contribution is 0.271. The molecular formula is C14H27NS. The lowest BCUT2D eigenvalue weighted by atomic mass is 9.81. The van der Waals surface area contributed by atoms with E-state index in [9.17, 15) is 0 Å². The van der Waals surface area contributed by atoms with E-state index in [1.807, 2.05) is 0 Å². The maximum Gasteiger partial charge on any atom is 0.00827 e. The molecule has 16 heavy (non-hydrogen) atoms. The van der Waals surface area contributed by atoms with Gasteiger partial charge < -0.3 is 5.32 Å². The Hall–Kier alpha value is 0.310. The van der Waals surface area contributed by atoms with E-state index in [2.05, 4.69) is 24.0 Å². The third-order valence-electron chi connectivity index (χ3n) is 4.34. The SMILES string of the molecule is CC1CCC(CCNC2CCSCC2)CC1. The summed E-state index contributed by atoms with van der Waals surface area (Å²) in [6.45, 7) is 3.68. The molecule has 2 fully saturated rings. The number of thioether (sulfide) groups is 1. The molecule has 2 aliphatic rings. The first-order valence-electron chi connectivity index (χ1n) is 7.15. The highest BCUT2D eigenvalue weighted by Crippen LogP contribution is 2.30. The van der Waals surface area contributed by atoms with Crippen LogP contribution in [0.2, 0.25) is 0 Å². The van der Waals surface area contributed by atoms with Gasteiger partial charge in [-0.05, 0) is 49.1 Å². The summed E-state index contributed by atoms with van der Waals surface area (Å²) in [5.41, 5.74) is 0. The van der Waals surface area contributed by atoms with Gasteiger partial charge in [0, 0.05) is 6.04 Å². The van der Waals surface area contributed by atoms with Crippen LogP contribution in [0.3, 0.4) is 0 Å². The lowest BCUT2D eigenvalue weighted by Crippen LogP contribution is -2.34. The maximum atomic E-state index is 3.77. The van der Waals surface area contributed by atoms with Gasteiger partial charge in [-0.2, -0.15) is 11.8 Å². The van der Waals surface area contributed by atoms with Crippen LogP contribution in [-0.2, 0) is 0 Å². The summed E-state index contributed by atoms with van der Waals surface area (Å²) in [6.07, 6.45) is 10.2. The van der Waals surface area contributed by atoms with Crippen molar-refractivity contribution in [2.45, 2.75) is 57.9 Å². The van der Waals surface area contributed by atoms with Crippen molar-refractivity contribution >= 4 is 11.8 Å². The van der Waals surface area contributed by atoms with Crippen LogP contribution in [0.4, 0.5) is 0 Å². The van der Waals surface area contributed by atoms with Gasteiger partial charge in [-0.15, -0.1) is 0 Å². The van der Waals surface area contributed by atoms with Crippen molar-refractivity contribution < 1.29 is 0 Å². The minimum atomic E-state index is 0.837. The van der Waals surface area contributed by atoms with Crippen molar-refractivity contribution in [2.24, 2.45) is 11.8 Å². The minimum absolute atomic E-state index is 0.837. The van der Waals surface area contributed by atoms with Crippen molar-refractivity contribution in [3.63, 3.8) is 0 Å². The van der Waals surface area contributed by atoms with E-state index >= 15 is 0 Å². The quantitative estimate of drug-likeness (QED) is 0.805. The van der Waals surface area contributed by atoms with Crippen LogP contribution in [0.5, 0.6) is 0 Å². The second-order valence-corrected chi connectivity index (χ2v) is 6.98. The van der Waals surface area contributed by atoms with Gasteiger partial charge in [0.1, 0.15) is 0 Å². The Labute approximate surface area is 105 Å². The highest BCUT2D eigenvalue weighted by Gasteiger charge is 2.18. The van der Waals surface area contributed by atoms with Gasteiger partial charge in [0.2, 0.25) is 0 Å². The second-order valence-electron chi connectivity index (χ2n) is 5.76. The monoisotopic (exact) mass is 241 g/mol. The predicted octanol–water partition coefficient (Wildman–Crippen LogP) is 3.69. The molecule has 0 unspecified atom stereocenters. The van der Waals surface area contributed by atoms with Crippen molar-refractivity contribution in [1.29, 1.82) is 0 Å². The molecule has 1 saturated carbocycles. The molecule has 0 aromatic rings. The molecule has 1 saturated heterocycles. The van der Waals surface area contributed by atoms with Crippen LogP contribution < -0.4 is 5.32 Å². The molecule has 1 heterocycles. The Balaban J connectivity index is 1.53. The Bertz CT molecular complexity index is 181. The molecule has 0 radical (unpaired) electrons. The van der Waals surface area contributed by atoms with Crippen molar-refractivity contribution in [3.05, 3.63) is 0 Å². The van der Waals surface area contributed by atoms with Crippen molar-refractivity contribution in [1.82, 2.24) is 5.32 Å². The fraction of sp³-hybridized carbons (Fsp3) is 1.00. The van der Waals surface area contributed by atoms with Crippen molar-refractivity contribution in [2.75, 3.05) is 18.1 Å². The van der Waals surface area contributed by atoms with Gasteiger partial charge in [-0.1, -0.05) is 32.6 Å². The third kappa shape index (κ3) is 4.29. The maximum absolute atomic E-state index is 3.77. The predicted molar refractivity (Wildman–Crippen MR) is 74.1 cm³/mol. The summed E-state index contributed by atoms with van der Waals surface area (Å²) in [4.78, 5) is 0. The van der Waals surface area contributed by atoms with E-state index in [0.717, 1.165) is 17.9 Å². The van der Waals surface area contributed by atoms with E-state index in [0.29, 0.717) is 0 Å². The van der Waals surface area contributed by atoms with Gasteiger partial charge in [0.05, 0.1) is 0 Å². The zero-order valence-electron chi connectivity index (χ0n) is 10.7. The van der Waals surface area contributed by atoms with Crippen molar-refractivity contribution in [3.8, 4) is 0 Å². The van der Waals surface area contributed by atoms with Gasteiger partial charge in [0.25, 0.3) is 0 Å². The van der Waals surface area contributed by atoms with E-state index < -0.39 is 0 Å². The van der Waals surface area contributed by atoms with E-state index in [1.54, 1.807) is 0 Å². The minimum Gasteiger partial charge on any atom is -0.314 e. The topological polar surface area (TPSA) is 12.0 Å². The standard InChI is InChI=1S/C14H27NS/c1-12-2-4-13(5-3-12)6-9-15-14-7-10-16-11-8-14/h12-15H,2-11H2,1H3. The molecule has 1 aliphatic carbocycles. The van der Waals surface area contributed by atoms with E-state index in [-0.39, 0.29) is 0 Å². The zero-order valence-corrected chi connectivity index (χ0v) is 11.5. The highest BCUT2D eigenvalue weighted by atomic mass is 32.2. The Kier molecular flexibility index (Phi) is 5.51. The van der Waals surface area contributed by atoms with Gasteiger partial charge >= 0.3 is 0 Å². The number of rotatable bonds is 4.